The summed E-state index contributed by atoms with van der Waals surface area (Å²) >= 11 is 0. The van der Waals surface area contributed by atoms with Crippen LogP contribution in [0.1, 0.15) is 239 Å². The van der Waals surface area contributed by atoms with Gasteiger partial charge in [-0.1, -0.05) is 219 Å². The van der Waals surface area contributed by atoms with Crippen molar-refractivity contribution in [3.05, 3.63) is 0 Å². The topological polar surface area (TPSA) is 149 Å². The summed E-state index contributed by atoms with van der Waals surface area (Å²) in [6, 6.07) is -0.710. The summed E-state index contributed by atoms with van der Waals surface area (Å²) in [5, 5.41) is 54.3. The van der Waals surface area contributed by atoms with Gasteiger partial charge in [0.15, 0.2) is 6.29 Å². The maximum Gasteiger partial charge on any atom is 0.220 e. The fourth-order valence-electron chi connectivity index (χ4n) is 8.04. The highest BCUT2D eigenvalue weighted by atomic mass is 16.7. The minimum absolute atomic E-state index is 0.132. The maximum absolute atomic E-state index is 13.0. The molecule has 9 nitrogen and oxygen atoms in total. The van der Waals surface area contributed by atoms with E-state index in [4.69, 9.17) is 9.47 Å². The van der Waals surface area contributed by atoms with Crippen molar-refractivity contribution < 1.29 is 39.8 Å². The molecule has 1 aliphatic heterocycles. The Morgan fingerprint density at radius 3 is 1.27 bits per heavy atom. The van der Waals surface area contributed by atoms with Gasteiger partial charge in [0.1, 0.15) is 24.4 Å². The van der Waals surface area contributed by atoms with Crippen LogP contribution in [0.2, 0.25) is 0 Å². The normalized spacial score (nSPS) is 21.0. The predicted molar refractivity (Wildman–Crippen MR) is 231 cm³/mol. The Kier molecular flexibility index (Phi) is 36.5. The van der Waals surface area contributed by atoms with Crippen molar-refractivity contribution in [2.75, 3.05) is 13.2 Å². The molecule has 7 unspecified atom stereocenters. The summed E-state index contributed by atoms with van der Waals surface area (Å²) in [5.41, 5.74) is 0. The molecule has 0 spiro atoms. The molecule has 56 heavy (non-hydrogen) atoms. The number of amides is 1. The zero-order valence-electron chi connectivity index (χ0n) is 36.7. The number of unbranched alkanes of at least 4 members (excludes halogenated alkanes) is 31. The highest BCUT2D eigenvalue weighted by Crippen LogP contribution is 2.23. The van der Waals surface area contributed by atoms with Gasteiger partial charge in [-0.3, -0.25) is 4.79 Å². The smallest absolute Gasteiger partial charge is 0.220 e. The molecule has 1 saturated heterocycles. The average molecular weight is 800 g/mol. The third-order valence-corrected chi connectivity index (χ3v) is 12.0. The van der Waals surface area contributed by atoms with Crippen molar-refractivity contribution in [3.63, 3.8) is 0 Å². The van der Waals surface area contributed by atoms with Gasteiger partial charge in [-0.15, -0.1) is 0 Å². The van der Waals surface area contributed by atoms with Gasteiger partial charge in [0.05, 0.1) is 25.4 Å². The highest BCUT2D eigenvalue weighted by Gasteiger charge is 2.44. The standard InChI is InChI=1S/C47H93NO8/c1-3-5-7-9-11-13-15-16-17-18-19-20-21-22-23-24-25-26-27-29-31-33-35-37-43(51)48-40(39-55-47-46(54)45(53)44(52)42(38-49)56-47)41(50)36-34-32-30-28-14-12-10-8-6-4-2/h40-42,44-47,49-50,52-54H,3-39H2,1-2H3,(H,48,51). The number of hydrogen-bond donors (Lipinski definition) is 6. The zero-order chi connectivity index (χ0) is 40.9. The fourth-order valence-corrected chi connectivity index (χ4v) is 8.04. The van der Waals surface area contributed by atoms with Crippen LogP contribution in [-0.4, -0.2) is 87.5 Å². The molecule has 1 rings (SSSR count). The van der Waals surface area contributed by atoms with Crippen molar-refractivity contribution in [2.45, 2.75) is 281 Å². The van der Waals surface area contributed by atoms with Crippen molar-refractivity contribution in [3.8, 4) is 0 Å². The number of carbonyl (C=O) groups excluding carboxylic acids is 1. The van der Waals surface area contributed by atoms with E-state index in [9.17, 15) is 30.3 Å². The monoisotopic (exact) mass is 800 g/mol. The number of aliphatic hydroxyl groups excluding tert-OH is 5. The highest BCUT2D eigenvalue weighted by molar-refractivity contribution is 5.76. The Labute approximate surface area is 344 Å². The van der Waals surface area contributed by atoms with Gasteiger partial charge in [-0.25, -0.2) is 0 Å². The molecule has 0 aromatic carbocycles. The lowest BCUT2D eigenvalue weighted by molar-refractivity contribution is -0.302. The van der Waals surface area contributed by atoms with Gasteiger partial charge in [-0.05, 0) is 12.8 Å². The molecule has 0 aromatic heterocycles. The quantitative estimate of drug-likeness (QED) is 0.0335. The molecule has 0 aliphatic carbocycles. The molecular formula is C47H93NO8. The van der Waals surface area contributed by atoms with E-state index in [-0.39, 0.29) is 12.5 Å². The van der Waals surface area contributed by atoms with Crippen LogP contribution < -0.4 is 5.32 Å². The SMILES string of the molecule is CCCCCCCCCCCCCCCCCCCCCCCCCC(=O)NC(COC1OC(CO)C(O)C(O)C1O)C(O)CCCCCCCCCCCC. The van der Waals surface area contributed by atoms with Crippen LogP contribution in [0.15, 0.2) is 0 Å². The van der Waals surface area contributed by atoms with E-state index in [0.29, 0.717) is 12.8 Å². The first-order valence-electron chi connectivity index (χ1n) is 24.2. The predicted octanol–water partition coefficient (Wildman–Crippen LogP) is 10.3. The molecule has 1 aliphatic rings. The lowest BCUT2D eigenvalue weighted by Gasteiger charge is -2.40. The van der Waals surface area contributed by atoms with E-state index in [1.54, 1.807) is 0 Å². The summed E-state index contributed by atoms with van der Waals surface area (Å²) in [6.07, 6.45) is 35.6. The van der Waals surface area contributed by atoms with Gasteiger partial charge < -0.3 is 40.3 Å². The molecule has 6 N–H and O–H groups in total. The van der Waals surface area contributed by atoms with Crippen LogP contribution in [0.5, 0.6) is 0 Å². The van der Waals surface area contributed by atoms with Crippen LogP contribution in [0.25, 0.3) is 0 Å². The molecule has 1 amide bonds. The molecule has 1 fully saturated rings. The molecule has 0 saturated carbocycles. The van der Waals surface area contributed by atoms with E-state index in [1.165, 1.54) is 173 Å². The second-order valence-corrected chi connectivity index (χ2v) is 17.3. The van der Waals surface area contributed by atoms with Crippen LogP contribution >= 0.6 is 0 Å². The number of rotatable bonds is 41. The third-order valence-electron chi connectivity index (χ3n) is 12.0. The van der Waals surface area contributed by atoms with Crippen molar-refractivity contribution in [2.24, 2.45) is 0 Å². The summed E-state index contributed by atoms with van der Waals surface area (Å²) in [4.78, 5) is 13.0. The number of carbonyl (C=O) groups is 1. The first-order valence-corrected chi connectivity index (χ1v) is 24.2. The Morgan fingerprint density at radius 1 is 0.536 bits per heavy atom. The van der Waals surface area contributed by atoms with E-state index < -0.39 is 49.5 Å². The minimum Gasteiger partial charge on any atom is -0.394 e. The lowest BCUT2D eigenvalue weighted by Crippen LogP contribution is -2.60. The van der Waals surface area contributed by atoms with E-state index in [2.05, 4.69) is 19.2 Å². The first-order chi connectivity index (χ1) is 27.3. The van der Waals surface area contributed by atoms with Gasteiger partial charge >= 0.3 is 0 Å². The fraction of sp³-hybridized carbons (Fsp3) is 0.979. The van der Waals surface area contributed by atoms with Gasteiger partial charge in [-0.2, -0.15) is 0 Å². The summed E-state index contributed by atoms with van der Waals surface area (Å²) in [7, 11) is 0. The zero-order valence-corrected chi connectivity index (χ0v) is 36.7. The second-order valence-electron chi connectivity index (χ2n) is 17.3. The summed E-state index contributed by atoms with van der Waals surface area (Å²) in [6.45, 7) is 3.84. The van der Waals surface area contributed by atoms with Crippen molar-refractivity contribution >= 4 is 5.91 Å². The summed E-state index contributed by atoms with van der Waals surface area (Å²) in [5.74, 6) is -0.141. The number of hydrogen-bond acceptors (Lipinski definition) is 8. The molecule has 9 heteroatoms. The molecule has 334 valence electrons. The van der Waals surface area contributed by atoms with Gasteiger partial charge in [0, 0.05) is 6.42 Å². The Hall–Kier alpha value is -0.810. The minimum atomic E-state index is -1.55. The maximum atomic E-state index is 13.0. The molecule has 7 atom stereocenters. The molecule has 0 radical (unpaired) electrons. The van der Waals surface area contributed by atoms with E-state index in [1.807, 2.05) is 0 Å². The van der Waals surface area contributed by atoms with Crippen molar-refractivity contribution in [1.29, 1.82) is 0 Å². The lowest BCUT2D eigenvalue weighted by atomic mass is 9.99. The molecule has 0 bridgehead atoms. The van der Waals surface area contributed by atoms with E-state index >= 15 is 0 Å². The number of nitrogens with one attached hydrogen (secondary N) is 1. The first kappa shape index (κ1) is 53.2. The van der Waals surface area contributed by atoms with Crippen LogP contribution in [0.3, 0.4) is 0 Å². The van der Waals surface area contributed by atoms with Gasteiger partial charge in [0.25, 0.3) is 0 Å². The van der Waals surface area contributed by atoms with Crippen LogP contribution in [-0.2, 0) is 14.3 Å². The van der Waals surface area contributed by atoms with E-state index in [0.717, 1.165) is 38.5 Å². The average Bonchev–Trinajstić information content (AvgIpc) is 3.20. The molecular weight excluding hydrogens is 707 g/mol. The molecule has 1 heterocycles. The Morgan fingerprint density at radius 2 is 0.893 bits per heavy atom. The number of aliphatic hydroxyl groups is 5. The largest absolute Gasteiger partial charge is 0.394 e. The van der Waals surface area contributed by atoms with Gasteiger partial charge in [0.2, 0.25) is 5.91 Å². The second kappa shape index (κ2) is 38.4. The van der Waals surface area contributed by atoms with Crippen molar-refractivity contribution in [1.82, 2.24) is 5.32 Å². The Bertz CT molecular complexity index is 847. The number of ether oxygens (including phenoxy) is 2. The Balaban J connectivity index is 2.20. The third kappa shape index (κ3) is 28.6. The summed E-state index contributed by atoms with van der Waals surface area (Å²) < 4.78 is 11.2. The molecule has 0 aromatic rings. The van der Waals surface area contributed by atoms with Crippen LogP contribution in [0, 0.1) is 0 Å². The van der Waals surface area contributed by atoms with Crippen LogP contribution in [0.4, 0.5) is 0 Å².